The number of hydrogen-bond donors (Lipinski definition) is 0. The molecule has 1 heterocycles. The third-order valence-electron chi connectivity index (χ3n) is 3.51. The Morgan fingerprint density at radius 3 is 2.48 bits per heavy atom. The Hall–Kier alpha value is -2.67. The van der Waals surface area contributed by atoms with Crippen LogP contribution in [0.4, 0.5) is 0 Å². The highest BCUT2D eigenvalue weighted by atomic mass is 79.9. The van der Waals surface area contributed by atoms with Crippen molar-refractivity contribution < 1.29 is 19.1 Å². The molecule has 1 unspecified atom stereocenters. The van der Waals surface area contributed by atoms with E-state index in [0.717, 1.165) is 10.0 Å². The number of hydrogen-bond acceptors (Lipinski definition) is 5. The fourth-order valence-corrected chi connectivity index (χ4v) is 2.90. The van der Waals surface area contributed by atoms with Gasteiger partial charge in [-0.3, -0.25) is 9.59 Å². The Bertz CT molecular complexity index is 866. The van der Waals surface area contributed by atoms with Gasteiger partial charge in [-0.05, 0) is 40.2 Å². The number of amides is 1. The van der Waals surface area contributed by atoms with Gasteiger partial charge in [-0.15, -0.1) is 5.10 Å². The maximum atomic E-state index is 12.0. The van der Waals surface area contributed by atoms with E-state index in [-0.39, 0.29) is 5.91 Å². The zero-order valence-corrected chi connectivity index (χ0v) is 15.2. The molecule has 2 aromatic rings. The number of esters is 1. The lowest BCUT2D eigenvalue weighted by molar-refractivity contribution is -0.135. The molecule has 3 rings (SSSR count). The van der Waals surface area contributed by atoms with E-state index in [1.165, 1.54) is 18.9 Å². The number of benzene rings is 2. The van der Waals surface area contributed by atoms with Gasteiger partial charge in [-0.1, -0.05) is 24.3 Å². The van der Waals surface area contributed by atoms with Crippen molar-refractivity contribution in [2.75, 3.05) is 0 Å². The van der Waals surface area contributed by atoms with Crippen molar-refractivity contribution in [2.24, 2.45) is 5.10 Å². The number of para-hydroxylation sites is 1. The van der Waals surface area contributed by atoms with Crippen LogP contribution in [0.2, 0.25) is 0 Å². The van der Waals surface area contributed by atoms with Gasteiger partial charge < -0.3 is 9.47 Å². The Labute approximate surface area is 153 Å². The Morgan fingerprint density at radius 1 is 1.12 bits per heavy atom. The lowest BCUT2D eigenvalue weighted by Gasteiger charge is -2.21. The molecule has 0 N–H and O–H groups in total. The summed E-state index contributed by atoms with van der Waals surface area (Å²) in [6.45, 7) is 2.72. The third kappa shape index (κ3) is 3.56. The summed E-state index contributed by atoms with van der Waals surface area (Å²) in [6.07, 6.45) is -0.810. The number of nitrogens with zero attached hydrogens (tertiary/aromatic N) is 2. The third-order valence-corrected chi connectivity index (χ3v) is 4.20. The highest BCUT2D eigenvalue weighted by molar-refractivity contribution is 9.10. The van der Waals surface area contributed by atoms with Crippen LogP contribution in [0.5, 0.6) is 5.75 Å². The second kappa shape index (κ2) is 7.06. The summed E-state index contributed by atoms with van der Waals surface area (Å²) in [4.78, 5) is 23.4. The monoisotopic (exact) mass is 402 g/mol. The van der Waals surface area contributed by atoms with E-state index in [2.05, 4.69) is 21.0 Å². The van der Waals surface area contributed by atoms with Crippen LogP contribution in [0.25, 0.3) is 0 Å². The fraction of sp³-hybridized carbons (Fsp3) is 0.167. The molecule has 0 spiro atoms. The van der Waals surface area contributed by atoms with Crippen molar-refractivity contribution in [1.29, 1.82) is 0 Å². The van der Waals surface area contributed by atoms with E-state index < -0.39 is 12.2 Å². The summed E-state index contributed by atoms with van der Waals surface area (Å²) >= 11 is 3.45. The van der Waals surface area contributed by atoms with E-state index in [0.29, 0.717) is 17.2 Å². The molecule has 2 aromatic carbocycles. The molecule has 7 heteroatoms. The van der Waals surface area contributed by atoms with Gasteiger partial charge in [0.2, 0.25) is 18.0 Å². The minimum atomic E-state index is -0.810. The largest absolute Gasteiger partial charge is 0.445 e. The molecule has 6 nitrogen and oxygen atoms in total. The molecule has 0 saturated heterocycles. The SMILES string of the molecule is CC(=O)Oc1ccccc1C1OC(c2ccccc2Br)=NN1C(C)=O. The smallest absolute Gasteiger partial charge is 0.308 e. The maximum Gasteiger partial charge on any atom is 0.308 e. The van der Waals surface area contributed by atoms with Crippen molar-refractivity contribution in [2.45, 2.75) is 20.1 Å². The summed E-state index contributed by atoms with van der Waals surface area (Å²) in [6, 6.07) is 14.3. The summed E-state index contributed by atoms with van der Waals surface area (Å²) in [7, 11) is 0. The standard InChI is InChI=1S/C18H15BrN2O4/c1-11(22)21-18(14-8-4-6-10-16(14)24-12(2)23)25-17(20-21)13-7-3-5-9-15(13)19/h3-10,18H,1-2H3. The van der Waals surface area contributed by atoms with Crippen LogP contribution >= 0.6 is 15.9 Å². The number of halogens is 1. The molecule has 1 aliphatic heterocycles. The van der Waals surface area contributed by atoms with Gasteiger partial charge in [0.1, 0.15) is 5.75 Å². The molecule has 1 aliphatic rings. The molecule has 1 atom stereocenters. The Kier molecular flexibility index (Phi) is 4.85. The van der Waals surface area contributed by atoms with Gasteiger partial charge in [0.15, 0.2) is 0 Å². The molecule has 0 radical (unpaired) electrons. The lowest BCUT2D eigenvalue weighted by atomic mass is 10.1. The van der Waals surface area contributed by atoms with E-state index in [1.54, 1.807) is 24.3 Å². The number of rotatable bonds is 3. The summed E-state index contributed by atoms with van der Waals surface area (Å²) in [5, 5.41) is 5.54. The predicted molar refractivity (Wildman–Crippen MR) is 94.8 cm³/mol. The molecule has 0 fully saturated rings. The maximum absolute atomic E-state index is 12.0. The van der Waals surface area contributed by atoms with Crippen LogP contribution in [0.3, 0.4) is 0 Å². The summed E-state index contributed by atoms with van der Waals surface area (Å²) in [5.74, 6) is -0.100. The number of carbonyl (C=O) groups is 2. The lowest BCUT2D eigenvalue weighted by Crippen LogP contribution is -2.26. The minimum absolute atomic E-state index is 0.287. The van der Waals surface area contributed by atoms with Crippen LogP contribution in [-0.4, -0.2) is 22.8 Å². The van der Waals surface area contributed by atoms with E-state index >= 15 is 0 Å². The number of carbonyl (C=O) groups excluding carboxylic acids is 2. The molecule has 1 amide bonds. The number of hydrazone groups is 1. The Morgan fingerprint density at radius 2 is 1.80 bits per heavy atom. The summed E-state index contributed by atoms with van der Waals surface area (Å²) in [5.41, 5.74) is 1.26. The van der Waals surface area contributed by atoms with E-state index in [4.69, 9.17) is 9.47 Å². The molecule has 128 valence electrons. The van der Waals surface area contributed by atoms with Gasteiger partial charge in [0.05, 0.1) is 11.1 Å². The van der Waals surface area contributed by atoms with Gasteiger partial charge >= 0.3 is 5.97 Å². The average molecular weight is 403 g/mol. The van der Waals surface area contributed by atoms with Gasteiger partial charge in [0.25, 0.3) is 0 Å². The molecule has 0 aliphatic carbocycles. The molecule has 25 heavy (non-hydrogen) atoms. The first-order chi connectivity index (χ1) is 12.0. The first-order valence-electron chi connectivity index (χ1n) is 7.54. The van der Waals surface area contributed by atoms with Crippen molar-refractivity contribution in [3.63, 3.8) is 0 Å². The van der Waals surface area contributed by atoms with Crippen LogP contribution in [0.15, 0.2) is 58.1 Å². The van der Waals surface area contributed by atoms with Crippen LogP contribution < -0.4 is 4.74 Å². The van der Waals surface area contributed by atoms with Crippen molar-refractivity contribution in [3.8, 4) is 5.75 Å². The first kappa shape index (κ1) is 17.2. The van der Waals surface area contributed by atoms with Crippen molar-refractivity contribution in [1.82, 2.24) is 5.01 Å². The van der Waals surface area contributed by atoms with Gasteiger partial charge in [-0.25, -0.2) is 0 Å². The zero-order chi connectivity index (χ0) is 18.0. The minimum Gasteiger partial charge on any atom is -0.445 e. The quantitative estimate of drug-likeness (QED) is 0.580. The molecule has 0 bridgehead atoms. The van der Waals surface area contributed by atoms with Gasteiger partial charge in [-0.2, -0.15) is 5.01 Å². The van der Waals surface area contributed by atoms with E-state index in [9.17, 15) is 9.59 Å². The fourth-order valence-electron chi connectivity index (χ4n) is 2.44. The van der Waals surface area contributed by atoms with Crippen molar-refractivity contribution in [3.05, 3.63) is 64.1 Å². The summed E-state index contributed by atoms with van der Waals surface area (Å²) < 4.78 is 12.0. The zero-order valence-electron chi connectivity index (χ0n) is 13.6. The highest BCUT2D eigenvalue weighted by Crippen LogP contribution is 2.36. The molecule has 0 saturated carbocycles. The van der Waals surface area contributed by atoms with Crippen LogP contribution in [0, 0.1) is 0 Å². The predicted octanol–water partition coefficient (Wildman–Crippen LogP) is 3.61. The van der Waals surface area contributed by atoms with Crippen LogP contribution in [-0.2, 0) is 14.3 Å². The molecule has 0 aromatic heterocycles. The average Bonchev–Trinajstić information content (AvgIpc) is 3.00. The number of ether oxygens (including phenoxy) is 2. The first-order valence-corrected chi connectivity index (χ1v) is 8.34. The molecular weight excluding hydrogens is 388 g/mol. The topological polar surface area (TPSA) is 68.2 Å². The molecular formula is C18H15BrN2O4. The van der Waals surface area contributed by atoms with Crippen molar-refractivity contribution >= 4 is 33.7 Å². The highest BCUT2D eigenvalue weighted by Gasteiger charge is 2.35. The van der Waals surface area contributed by atoms with E-state index in [1.807, 2.05) is 24.3 Å². The second-order valence-corrected chi connectivity index (χ2v) is 6.20. The Balaban J connectivity index is 2.00. The van der Waals surface area contributed by atoms with Gasteiger partial charge in [0, 0.05) is 18.3 Å². The van der Waals surface area contributed by atoms with Crippen LogP contribution in [0.1, 0.15) is 31.2 Å². The normalized spacial score (nSPS) is 16.2. The second-order valence-electron chi connectivity index (χ2n) is 5.35.